The molecule has 2 heterocycles. The largest absolute Gasteiger partial charge is 0.322 e. The van der Waals surface area contributed by atoms with Crippen molar-refractivity contribution in [3.05, 3.63) is 129 Å². The van der Waals surface area contributed by atoms with Crippen LogP contribution in [0.25, 0.3) is 6.08 Å². The topological polar surface area (TPSA) is 63.5 Å². The summed E-state index contributed by atoms with van der Waals surface area (Å²) < 4.78 is 16.2. The maximum atomic E-state index is 13.7. The molecule has 0 aliphatic carbocycles. The van der Waals surface area contributed by atoms with Gasteiger partial charge in [-0.2, -0.15) is 0 Å². The molecule has 0 bridgehead atoms. The van der Waals surface area contributed by atoms with E-state index in [1.54, 1.807) is 31.2 Å². The van der Waals surface area contributed by atoms with Crippen molar-refractivity contribution in [1.29, 1.82) is 0 Å². The number of hydrogen-bond acceptors (Lipinski definition) is 4. The number of halogens is 4. The van der Waals surface area contributed by atoms with Gasteiger partial charge in [-0.25, -0.2) is 9.38 Å². The number of hydrogen-bond donors (Lipinski definition) is 1. The fraction of sp³-hybridized carbons (Fsp3) is 0.0741. The highest BCUT2D eigenvalue weighted by molar-refractivity contribution is 9.10. The zero-order chi connectivity index (χ0) is 26.3. The lowest BCUT2D eigenvalue weighted by molar-refractivity contribution is -0.113. The van der Waals surface area contributed by atoms with E-state index >= 15 is 0 Å². The molecule has 186 valence electrons. The minimum Gasteiger partial charge on any atom is -0.322 e. The molecule has 0 saturated heterocycles. The lowest BCUT2D eigenvalue weighted by atomic mass is 9.95. The summed E-state index contributed by atoms with van der Waals surface area (Å²) in [5.74, 6) is -0.844. The minimum absolute atomic E-state index is 0.303. The van der Waals surface area contributed by atoms with Gasteiger partial charge in [0.25, 0.3) is 11.5 Å². The van der Waals surface area contributed by atoms with Crippen LogP contribution >= 0.6 is 50.5 Å². The van der Waals surface area contributed by atoms with Gasteiger partial charge in [0, 0.05) is 20.2 Å². The molecule has 5 nitrogen and oxygen atoms in total. The number of amides is 1. The second kappa shape index (κ2) is 10.4. The summed E-state index contributed by atoms with van der Waals surface area (Å²) in [7, 11) is 0. The Morgan fingerprint density at radius 3 is 2.49 bits per heavy atom. The Morgan fingerprint density at radius 2 is 1.81 bits per heavy atom. The van der Waals surface area contributed by atoms with Crippen LogP contribution in [0.5, 0.6) is 0 Å². The number of benzene rings is 3. The zero-order valence-electron chi connectivity index (χ0n) is 19.1. The number of anilines is 1. The van der Waals surface area contributed by atoms with E-state index in [4.69, 9.17) is 23.2 Å². The predicted octanol–water partition coefficient (Wildman–Crippen LogP) is 6.08. The lowest BCUT2D eigenvalue weighted by Gasteiger charge is -2.25. The zero-order valence-corrected chi connectivity index (χ0v) is 23.1. The number of rotatable bonds is 4. The van der Waals surface area contributed by atoms with E-state index in [1.807, 2.05) is 24.3 Å². The fourth-order valence-corrected chi connectivity index (χ4v) is 5.83. The fourth-order valence-electron chi connectivity index (χ4n) is 4.06. The monoisotopic (exact) mass is 615 g/mol. The van der Waals surface area contributed by atoms with E-state index in [9.17, 15) is 14.0 Å². The first-order valence-corrected chi connectivity index (χ1v) is 13.4. The molecule has 37 heavy (non-hydrogen) atoms. The van der Waals surface area contributed by atoms with Crippen LogP contribution in [0.1, 0.15) is 24.1 Å². The van der Waals surface area contributed by atoms with Gasteiger partial charge < -0.3 is 5.32 Å². The molecule has 1 N–H and O–H groups in total. The van der Waals surface area contributed by atoms with Crippen LogP contribution in [0.15, 0.2) is 92.3 Å². The Morgan fingerprint density at radius 1 is 1.11 bits per heavy atom. The third-order valence-corrected chi connectivity index (χ3v) is 7.88. The number of nitrogens with zero attached hydrogens (tertiary/aromatic N) is 2. The molecule has 1 atom stereocenters. The summed E-state index contributed by atoms with van der Waals surface area (Å²) in [5, 5.41) is 3.71. The van der Waals surface area contributed by atoms with Crippen LogP contribution in [0.3, 0.4) is 0 Å². The predicted molar refractivity (Wildman–Crippen MR) is 149 cm³/mol. The number of aromatic nitrogens is 1. The van der Waals surface area contributed by atoms with Crippen LogP contribution in [0, 0.1) is 5.82 Å². The van der Waals surface area contributed by atoms with E-state index in [-0.39, 0.29) is 5.56 Å². The van der Waals surface area contributed by atoms with Crippen molar-refractivity contribution in [3.63, 3.8) is 0 Å². The van der Waals surface area contributed by atoms with Crippen LogP contribution in [-0.4, -0.2) is 10.5 Å². The standard InChI is InChI=1S/C27H17BrCl2FN3O2S/c1-14-23(25(35)33-20-10-8-19(31)9-11-20)24(15-2-5-17(28)6-3-15)34-26(36)22(37-27(34)32-14)12-16-4-7-18(29)13-21(16)30/h2-13,24H,1H3,(H,33,35)/b22-12+. The molecule has 0 saturated carbocycles. The van der Waals surface area contributed by atoms with Crippen molar-refractivity contribution in [2.45, 2.75) is 13.0 Å². The molecule has 1 aliphatic rings. The summed E-state index contributed by atoms with van der Waals surface area (Å²) in [6.07, 6.45) is 1.69. The van der Waals surface area contributed by atoms with Crippen molar-refractivity contribution >= 4 is 68.1 Å². The van der Waals surface area contributed by atoms with Gasteiger partial charge in [-0.1, -0.05) is 68.7 Å². The van der Waals surface area contributed by atoms with Gasteiger partial charge in [0.1, 0.15) is 5.82 Å². The first-order chi connectivity index (χ1) is 17.7. The first-order valence-electron chi connectivity index (χ1n) is 11.0. The van der Waals surface area contributed by atoms with E-state index in [1.165, 1.54) is 40.2 Å². The number of nitrogens with one attached hydrogen (secondary N) is 1. The van der Waals surface area contributed by atoms with E-state index < -0.39 is 17.8 Å². The second-order valence-electron chi connectivity index (χ2n) is 8.26. The number of allylic oxidation sites excluding steroid dienone is 1. The molecule has 0 fully saturated rings. The van der Waals surface area contributed by atoms with Crippen LogP contribution in [-0.2, 0) is 4.79 Å². The molecule has 1 unspecified atom stereocenters. The SMILES string of the molecule is CC1=C(C(=O)Nc2ccc(F)cc2)C(c2ccc(Br)cc2)n2c(s/c(=C/c3ccc(Cl)cc3Cl)c2=O)=N1. The lowest BCUT2D eigenvalue weighted by Crippen LogP contribution is -2.40. The summed E-state index contributed by atoms with van der Waals surface area (Å²) >= 11 is 17.0. The van der Waals surface area contributed by atoms with Gasteiger partial charge in [0.2, 0.25) is 0 Å². The first kappa shape index (κ1) is 25.6. The molecule has 0 spiro atoms. The van der Waals surface area contributed by atoms with Crippen molar-refractivity contribution in [3.8, 4) is 0 Å². The van der Waals surface area contributed by atoms with Crippen molar-refractivity contribution < 1.29 is 9.18 Å². The summed E-state index contributed by atoms with van der Waals surface area (Å²) in [6.45, 7) is 1.73. The molecule has 4 aromatic rings. The summed E-state index contributed by atoms with van der Waals surface area (Å²) in [4.78, 5) is 32.3. The molecular weight excluding hydrogens is 600 g/mol. The average Bonchev–Trinajstić information content (AvgIpc) is 3.16. The Labute approximate surface area is 233 Å². The van der Waals surface area contributed by atoms with E-state index in [0.717, 1.165) is 10.0 Å². The molecule has 1 amide bonds. The Bertz CT molecular complexity index is 1750. The van der Waals surface area contributed by atoms with Gasteiger partial charge in [-0.3, -0.25) is 14.2 Å². The normalized spacial score (nSPS) is 15.4. The molecule has 5 rings (SSSR count). The number of carbonyl (C=O) groups is 1. The van der Waals surface area contributed by atoms with E-state index in [2.05, 4.69) is 26.2 Å². The van der Waals surface area contributed by atoms with Gasteiger partial charge >= 0.3 is 0 Å². The minimum atomic E-state index is -0.729. The Kier molecular flexibility index (Phi) is 7.18. The van der Waals surface area contributed by atoms with Crippen molar-refractivity contribution in [2.24, 2.45) is 4.99 Å². The van der Waals surface area contributed by atoms with Crippen molar-refractivity contribution in [1.82, 2.24) is 4.57 Å². The van der Waals surface area contributed by atoms with E-state index in [0.29, 0.717) is 41.9 Å². The average molecular weight is 617 g/mol. The Hall–Kier alpha value is -3.04. The smallest absolute Gasteiger partial charge is 0.271 e. The second-order valence-corrected chi connectivity index (χ2v) is 11.0. The highest BCUT2D eigenvalue weighted by atomic mass is 79.9. The molecule has 10 heteroatoms. The van der Waals surface area contributed by atoms with Gasteiger partial charge in [-0.05, 0) is 72.7 Å². The number of thiazole rings is 1. The third kappa shape index (κ3) is 5.20. The number of carbonyl (C=O) groups excluding carboxylic acids is 1. The van der Waals surface area contributed by atoms with Gasteiger partial charge in [0.15, 0.2) is 4.80 Å². The molecular formula is C27H17BrCl2FN3O2S. The van der Waals surface area contributed by atoms with Crippen LogP contribution in [0.2, 0.25) is 10.0 Å². The van der Waals surface area contributed by atoms with Crippen LogP contribution in [0.4, 0.5) is 10.1 Å². The molecule has 0 radical (unpaired) electrons. The third-order valence-electron chi connectivity index (χ3n) is 5.80. The highest BCUT2D eigenvalue weighted by Gasteiger charge is 2.32. The quantitative estimate of drug-likeness (QED) is 0.302. The van der Waals surface area contributed by atoms with Crippen molar-refractivity contribution in [2.75, 3.05) is 5.32 Å². The molecule has 3 aromatic carbocycles. The highest BCUT2D eigenvalue weighted by Crippen LogP contribution is 2.31. The summed E-state index contributed by atoms with van der Waals surface area (Å²) in [6, 6.07) is 17.2. The summed E-state index contributed by atoms with van der Waals surface area (Å²) in [5.41, 5.74) is 2.29. The van der Waals surface area contributed by atoms with Gasteiger partial charge in [-0.15, -0.1) is 0 Å². The maximum absolute atomic E-state index is 13.7. The number of fused-ring (bicyclic) bond motifs is 1. The van der Waals surface area contributed by atoms with Gasteiger partial charge in [0.05, 0.1) is 21.8 Å². The Balaban J connectivity index is 1.67. The maximum Gasteiger partial charge on any atom is 0.271 e. The molecule has 1 aliphatic heterocycles. The van der Waals surface area contributed by atoms with Crippen LogP contribution < -0.4 is 20.2 Å². The molecule has 1 aromatic heterocycles.